The number of hydrogen-bond donors (Lipinski definition) is 2. The Labute approximate surface area is 174 Å². The molecule has 4 aliphatic rings. The van der Waals surface area contributed by atoms with Gasteiger partial charge in [0, 0.05) is 60.9 Å². The van der Waals surface area contributed by atoms with Gasteiger partial charge >= 0.3 is 0 Å². The van der Waals surface area contributed by atoms with Crippen LogP contribution in [0.5, 0.6) is 0 Å². The maximum absolute atomic E-state index is 14.2. The molecule has 31 heavy (non-hydrogen) atoms. The monoisotopic (exact) mass is 437 g/mol. The lowest BCUT2D eigenvalue weighted by Crippen LogP contribution is -2.58. The molecule has 2 amide bonds. The molecule has 0 radical (unpaired) electrons. The van der Waals surface area contributed by atoms with Crippen LogP contribution >= 0.6 is 0 Å². The Morgan fingerprint density at radius 2 is 1.90 bits per heavy atom. The fourth-order valence-electron chi connectivity index (χ4n) is 5.24. The average molecular weight is 437 g/mol. The first-order chi connectivity index (χ1) is 14.7. The van der Waals surface area contributed by atoms with Gasteiger partial charge in [-0.3, -0.25) is 9.59 Å². The summed E-state index contributed by atoms with van der Waals surface area (Å²) in [5.74, 6) is -4.94. The van der Waals surface area contributed by atoms with Crippen molar-refractivity contribution in [1.29, 1.82) is 0 Å². The Morgan fingerprint density at radius 3 is 2.61 bits per heavy atom. The lowest BCUT2D eigenvalue weighted by molar-refractivity contribution is -0.138. The fourth-order valence-corrected chi connectivity index (χ4v) is 5.24. The Kier molecular flexibility index (Phi) is 4.49. The summed E-state index contributed by atoms with van der Waals surface area (Å²) in [4.78, 5) is 28.6. The molecule has 3 heterocycles. The summed E-state index contributed by atoms with van der Waals surface area (Å²) in [5.41, 5.74) is -0.330. The van der Waals surface area contributed by atoms with Gasteiger partial charge in [0.15, 0.2) is 0 Å². The van der Waals surface area contributed by atoms with Gasteiger partial charge in [0.2, 0.25) is 5.91 Å². The molecule has 3 fully saturated rings. The lowest BCUT2D eigenvalue weighted by atomic mass is 9.92. The number of aliphatic hydroxyl groups excluding tert-OH is 1. The summed E-state index contributed by atoms with van der Waals surface area (Å²) in [6.07, 6.45) is 1.11. The van der Waals surface area contributed by atoms with E-state index in [-0.39, 0.29) is 53.9 Å². The molecular weight excluding hydrogens is 418 g/mol. The second-order valence-electron chi connectivity index (χ2n) is 8.39. The van der Waals surface area contributed by atoms with Gasteiger partial charge in [-0.15, -0.1) is 0 Å². The molecule has 2 saturated heterocycles. The first-order valence-corrected chi connectivity index (χ1v) is 10.0. The number of aliphatic hydroxyl groups is 1. The molecular formula is C21H19F4N3O3. The summed E-state index contributed by atoms with van der Waals surface area (Å²) in [6.45, 7) is -0.265. The van der Waals surface area contributed by atoms with E-state index in [1.54, 1.807) is 4.90 Å². The zero-order chi connectivity index (χ0) is 22.0. The number of fused-ring (bicyclic) bond motifs is 6. The van der Waals surface area contributed by atoms with E-state index >= 15 is 0 Å². The van der Waals surface area contributed by atoms with E-state index in [0.29, 0.717) is 25.0 Å². The summed E-state index contributed by atoms with van der Waals surface area (Å²) in [7, 11) is 0. The number of hydrogen-bond acceptors (Lipinski definition) is 4. The molecule has 3 aliphatic heterocycles. The Hall–Kier alpha value is -3.04. The van der Waals surface area contributed by atoms with Crippen LogP contribution in [0.15, 0.2) is 35.4 Å². The van der Waals surface area contributed by atoms with Gasteiger partial charge in [0.1, 0.15) is 35.1 Å². The van der Waals surface area contributed by atoms with Crippen LogP contribution in [0.1, 0.15) is 24.8 Å². The zero-order valence-electron chi connectivity index (χ0n) is 16.2. The first kappa shape index (κ1) is 19.9. The van der Waals surface area contributed by atoms with Crippen LogP contribution in [-0.4, -0.2) is 51.5 Å². The van der Waals surface area contributed by atoms with E-state index in [1.165, 1.54) is 11.1 Å². The van der Waals surface area contributed by atoms with Crippen LogP contribution in [0, 0.1) is 23.4 Å². The van der Waals surface area contributed by atoms with Crippen molar-refractivity contribution in [3.8, 4) is 0 Å². The van der Waals surface area contributed by atoms with Gasteiger partial charge < -0.3 is 20.2 Å². The predicted molar refractivity (Wildman–Crippen MR) is 99.3 cm³/mol. The number of benzene rings is 1. The zero-order valence-corrected chi connectivity index (χ0v) is 16.2. The number of amides is 2. The average Bonchev–Trinajstić information content (AvgIpc) is 3.23. The third-order valence-corrected chi connectivity index (χ3v) is 6.63. The van der Waals surface area contributed by atoms with E-state index in [0.717, 1.165) is 0 Å². The van der Waals surface area contributed by atoms with E-state index in [9.17, 15) is 32.3 Å². The number of piperazine rings is 1. The highest BCUT2D eigenvalue weighted by Crippen LogP contribution is 2.48. The fraction of sp³-hybridized carbons (Fsp3) is 0.429. The summed E-state index contributed by atoms with van der Waals surface area (Å²) < 4.78 is 54.8. The predicted octanol–water partition coefficient (Wildman–Crippen LogP) is 2.42. The molecule has 10 heteroatoms. The summed E-state index contributed by atoms with van der Waals surface area (Å²) in [5, 5.41) is 12.8. The van der Waals surface area contributed by atoms with Crippen LogP contribution in [0.4, 0.5) is 17.6 Å². The molecule has 0 aromatic heterocycles. The molecule has 2 N–H and O–H groups in total. The first-order valence-electron chi connectivity index (χ1n) is 10.0. The SMILES string of the molecule is O=C(NCc1c(F)cc(F)cc1F)C1=CN2C[C@H]3C4C[C@H](C[C@H]4F)N3C(=O)C2=C(O)C1. The second kappa shape index (κ2) is 7.00. The van der Waals surface area contributed by atoms with Crippen molar-refractivity contribution in [3.05, 3.63) is 58.4 Å². The third kappa shape index (κ3) is 3.07. The standard InChI is InChI=1S/C21H19F4N3O3/c22-10-2-14(23)13(15(24)3-10)6-26-20(30)9-1-18(29)19-21(31)28-11-4-12(16(25)5-11)17(28)8-27(19)7-9/h2-3,7,11-12,16-17,29H,1,4-6,8H2,(H,26,30)/t11-,12?,16-,17+/m1/s1. The smallest absolute Gasteiger partial charge is 0.274 e. The minimum absolute atomic E-state index is 0.0754. The number of rotatable bonds is 3. The topological polar surface area (TPSA) is 72.9 Å². The summed E-state index contributed by atoms with van der Waals surface area (Å²) >= 11 is 0. The maximum atomic E-state index is 14.2. The molecule has 2 bridgehead atoms. The lowest BCUT2D eigenvalue weighted by Gasteiger charge is -2.46. The maximum Gasteiger partial charge on any atom is 0.274 e. The highest BCUT2D eigenvalue weighted by molar-refractivity contribution is 5.98. The van der Waals surface area contributed by atoms with E-state index in [2.05, 4.69) is 5.32 Å². The molecule has 1 saturated carbocycles. The van der Waals surface area contributed by atoms with Crippen LogP contribution in [-0.2, 0) is 16.1 Å². The molecule has 164 valence electrons. The van der Waals surface area contributed by atoms with Crippen molar-refractivity contribution in [1.82, 2.24) is 15.1 Å². The highest BCUT2D eigenvalue weighted by atomic mass is 19.1. The number of halogens is 4. The van der Waals surface area contributed by atoms with Crippen LogP contribution in [0.2, 0.25) is 0 Å². The molecule has 0 spiro atoms. The van der Waals surface area contributed by atoms with Crippen molar-refractivity contribution < 1.29 is 32.3 Å². The molecule has 6 nitrogen and oxygen atoms in total. The molecule has 1 aromatic rings. The molecule has 1 aromatic carbocycles. The van der Waals surface area contributed by atoms with Crippen LogP contribution in [0.3, 0.4) is 0 Å². The second-order valence-corrected chi connectivity index (χ2v) is 8.39. The Bertz CT molecular complexity index is 1030. The number of nitrogens with zero attached hydrogens (tertiary/aromatic N) is 2. The minimum atomic E-state index is -1.13. The number of allylic oxidation sites excluding steroid dienone is 1. The van der Waals surface area contributed by atoms with Crippen molar-refractivity contribution >= 4 is 11.8 Å². The minimum Gasteiger partial charge on any atom is -0.510 e. The van der Waals surface area contributed by atoms with Gasteiger partial charge in [-0.25, -0.2) is 17.6 Å². The number of carbonyl (C=O) groups excluding carboxylic acids is 2. The van der Waals surface area contributed by atoms with Crippen molar-refractivity contribution in [2.45, 2.75) is 44.1 Å². The molecule has 1 unspecified atom stereocenters. The summed E-state index contributed by atoms with van der Waals surface area (Å²) in [6, 6.07) is 0.529. The van der Waals surface area contributed by atoms with E-state index in [1.807, 2.05) is 0 Å². The van der Waals surface area contributed by atoms with Crippen molar-refractivity contribution in [2.75, 3.05) is 6.54 Å². The Morgan fingerprint density at radius 1 is 1.19 bits per heavy atom. The normalized spacial score (nSPS) is 29.2. The number of piperidine rings is 1. The van der Waals surface area contributed by atoms with E-state index in [4.69, 9.17) is 0 Å². The molecule has 1 aliphatic carbocycles. The van der Waals surface area contributed by atoms with Gasteiger partial charge in [-0.1, -0.05) is 0 Å². The number of alkyl halides is 1. The van der Waals surface area contributed by atoms with Crippen molar-refractivity contribution in [2.24, 2.45) is 5.92 Å². The van der Waals surface area contributed by atoms with E-state index < -0.39 is 41.6 Å². The van der Waals surface area contributed by atoms with Gasteiger partial charge in [0.25, 0.3) is 5.91 Å². The number of carbonyl (C=O) groups is 2. The largest absolute Gasteiger partial charge is 0.510 e. The third-order valence-electron chi connectivity index (χ3n) is 6.63. The van der Waals surface area contributed by atoms with Crippen molar-refractivity contribution in [3.63, 3.8) is 0 Å². The highest BCUT2D eigenvalue weighted by Gasteiger charge is 2.57. The van der Waals surface area contributed by atoms with Gasteiger partial charge in [-0.05, 0) is 12.8 Å². The molecule has 5 rings (SSSR count). The molecule has 4 atom stereocenters. The van der Waals surface area contributed by atoms with Gasteiger partial charge in [-0.2, -0.15) is 0 Å². The van der Waals surface area contributed by atoms with Gasteiger partial charge in [0.05, 0.1) is 6.04 Å². The van der Waals surface area contributed by atoms with Crippen LogP contribution in [0.25, 0.3) is 0 Å². The Balaban J connectivity index is 1.34. The number of nitrogens with one attached hydrogen (secondary N) is 1. The quantitative estimate of drug-likeness (QED) is 0.713. The van der Waals surface area contributed by atoms with Crippen LogP contribution < -0.4 is 5.32 Å².